The molecule has 0 unspecified atom stereocenters. The summed E-state index contributed by atoms with van der Waals surface area (Å²) < 4.78 is 1.87. The number of hydrogen-bond acceptors (Lipinski definition) is 3. The van der Waals surface area contributed by atoms with Crippen LogP contribution >= 0.6 is 0 Å². The molecular formula is C10H13N3O. The third-order valence-corrected chi connectivity index (χ3v) is 2.33. The highest BCUT2D eigenvalue weighted by Crippen LogP contribution is 2.21. The van der Waals surface area contributed by atoms with Gasteiger partial charge in [0, 0.05) is 23.7 Å². The zero-order chi connectivity index (χ0) is 10.1. The summed E-state index contributed by atoms with van der Waals surface area (Å²) in [4.78, 5) is 0. The number of fused-ring (bicyclic) bond motifs is 1. The molecule has 1 aromatic heterocycles. The van der Waals surface area contributed by atoms with Crippen molar-refractivity contribution in [3.05, 3.63) is 23.9 Å². The van der Waals surface area contributed by atoms with Gasteiger partial charge in [-0.15, -0.1) is 0 Å². The summed E-state index contributed by atoms with van der Waals surface area (Å²) in [6.45, 7) is 3.28. The van der Waals surface area contributed by atoms with Gasteiger partial charge in [0.15, 0.2) is 0 Å². The Hall–Kier alpha value is -1.55. The van der Waals surface area contributed by atoms with E-state index in [2.05, 4.69) is 5.10 Å². The maximum absolute atomic E-state index is 9.29. The van der Waals surface area contributed by atoms with E-state index in [0.29, 0.717) is 13.1 Å². The van der Waals surface area contributed by atoms with Crippen molar-refractivity contribution in [3.63, 3.8) is 0 Å². The maximum atomic E-state index is 9.29. The fourth-order valence-corrected chi connectivity index (χ4v) is 1.59. The fourth-order valence-electron chi connectivity index (χ4n) is 1.59. The van der Waals surface area contributed by atoms with Gasteiger partial charge >= 0.3 is 0 Å². The second-order valence-corrected chi connectivity index (χ2v) is 3.30. The normalized spacial score (nSPS) is 11.0. The van der Waals surface area contributed by atoms with Crippen LogP contribution in [-0.2, 0) is 6.54 Å². The first-order valence-electron chi connectivity index (χ1n) is 4.58. The van der Waals surface area contributed by atoms with Crippen molar-refractivity contribution < 1.29 is 5.11 Å². The molecule has 1 aromatic carbocycles. The molecule has 14 heavy (non-hydrogen) atoms. The van der Waals surface area contributed by atoms with Gasteiger partial charge in [-0.05, 0) is 19.1 Å². The molecule has 0 aliphatic rings. The molecule has 0 saturated heterocycles. The van der Waals surface area contributed by atoms with Crippen molar-refractivity contribution in [2.24, 2.45) is 5.73 Å². The third-order valence-electron chi connectivity index (χ3n) is 2.33. The molecule has 4 nitrogen and oxygen atoms in total. The molecule has 0 saturated carbocycles. The van der Waals surface area contributed by atoms with Crippen LogP contribution in [0.2, 0.25) is 0 Å². The topological polar surface area (TPSA) is 64.1 Å². The first-order chi connectivity index (χ1) is 6.72. The molecule has 4 heteroatoms. The average molecular weight is 191 g/mol. The molecule has 74 valence electrons. The minimum atomic E-state index is 0.245. The van der Waals surface area contributed by atoms with Gasteiger partial charge in [0.1, 0.15) is 5.75 Å². The Morgan fingerprint density at radius 2 is 2.29 bits per heavy atom. The van der Waals surface area contributed by atoms with Crippen LogP contribution in [0.25, 0.3) is 10.9 Å². The summed E-state index contributed by atoms with van der Waals surface area (Å²) in [6, 6.07) is 5.21. The van der Waals surface area contributed by atoms with Gasteiger partial charge in [0.25, 0.3) is 0 Å². The molecule has 1 heterocycles. The van der Waals surface area contributed by atoms with Crippen LogP contribution in [0.15, 0.2) is 18.2 Å². The quantitative estimate of drug-likeness (QED) is 0.744. The van der Waals surface area contributed by atoms with Crippen LogP contribution in [0.4, 0.5) is 0 Å². The largest absolute Gasteiger partial charge is 0.508 e. The number of nitrogens with two attached hydrogens (primary N) is 1. The molecule has 0 aliphatic heterocycles. The first kappa shape index (κ1) is 9.02. The van der Waals surface area contributed by atoms with E-state index in [-0.39, 0.29) is 5.75 Å². The van der Waals surface area contributed by atoms with Crippen molar-refractivity contribution in [2.45, 2.75) is 13.5 Å². The van der Waals surface area contributed by atoms with Crippen LogP contribution in [0, 0.1) is 6.92 Å². The van der Waals surface area contributed by atoms with E-state index in [0.717, 1.165) is 16.6 Å². The van der Waals surface area contributed by atoms with E-state index >= 15 is 0 Å². The number of aromatic nitrogens is 2. The average Bonchev–Trinajstić information content (AvgIpc) is 2.44. The summed E-state index contributed by atoms with van der Waals surface area (Å²) in [7, 11) is 0. The lowest BCUT2D eigenvalue weighted by atomic mass is 10.2. The number of hydrogen-bond donors (Lipinski definition) is 2. The zero-order valence-electron chi connectivity index (χ0n) is 8.07. The highest BCUT2D eigenvalue weighted by atomic mass is 16.3. The van der Waals surface area contributed by atoms with E-state index in [1.54, 1.807) is 12.1 Å². The van der Waals surface area contributed by atoms with Gasteiger partial charge in [-0.2, -0.15) is 5.10 Å². The van der Waals surface area contributed by atoms with E-state index in [9.17, 15) is 5.11 Å². The Morgan fingerprint density at radius 1 is 1.50 bits per heavy atom. The molecule has 0 atom stereocenters. The number of nitrogens with zero attached hydrogens (tertiary/aromatic N) is 2. The molecule has 0 spiro atoms. The number of aromatic hydroxyl groups is 1. The van der Waals surface area contributed by atoms with Gasteiger partial charge in [0.05, 0.1) is 12.1 Å². The van der Waals surface area contributed by atoms with E-state index in [4.69, 9.17) is 5.73 Å². The summed E-state index contributed by atoms with van der Waals surface area (Å²) in [6.07, 6.45) is 0. The number of benzene rings is 1. The second kappa shape index (κ2) is 3.31. The SMILES string of the molecule is Cc1c2ccc(O)cc2nn1CCN. The molecular weight excluding hydrogens is 178 g/mol. The van der Waals surface area contributed by atoms with Crippen molar-refractivity contribution in [3.8, 4) is 5.75 Å². The Kier molecular flexibility index (Phi) is 2.13. The lowest BCUT2D eigenvalue weighted by Gasteiger charge is -1.99. The standard InChI is InChI=1S/C10H13N3O/c1-7-9-3-2-8(14)6-10(9)12-13(7)5-4-11/h2-3,6,14H,4-5,11H2,1H3. The van der Waals surface area contributed by atoms with Crippen LogP contribution in [0.3, 0.4) is 0 Å². The lowest BCUT2D eigenvalue weighted by molar-refractivity contribution is 0.476. The van der Waals surface area contributed by atoms with E-state index in [1.807, 2.05) is 17.7 Å². The summed E-state index contributed by atoms with van der Waals surface area (Å²) in [5.41, 5.74) is 7.38. The van der Waals surface area contributed by atoms with E-state index < -0.39 is 0 Å². The highest BCUT2D eigenvalue weighted by molar-refractivity contribution is 5.82. The van der Waals surface area contributed by atoms with Gasteiger partial charge in [-0.1, -0.05) is 0 Å². The minimum Gasteiger partial charge on any atom is -0.508 e. The van der Waals surface area contributed by atoms with Crippen molar-refractivity contribution in [2.75, 3.05) is 6.54 Å². The molecule has 2 rings (SSSR count). The molecule has 0 amide bonds. The molecule has 0 radical (unpaired) electrons. The zero-order valence-corrected chi connectivity index (χ0v) is 8.07. The Morgan fingerprint density at radius 3 is 3.00 bits per heavy atom. The molecule has 0 aliphatic carbocycles. The number of rotatable bonds is 2. The van der Waals surface area contributed by atoms with Gasteiger partial charge in [0.2, 0.25) is 0 Å². The summed E-state index contributed by atoms with van der Waals surface area (Å²) in [5, 5.41) is 14.7. The van der Waals surface area contributed by atoms with Crippen LogP contribution in [0.5, 0.6) is 5.75 Å². The van der Waals surface area contributed by atoms with Gasteiger partial charge in [-0.3, -0.25) is 4.68 Å². The molecule has 0 bridgehead atoms. The van der Waals surface area contributed by atoms with Gasteiger partial charge in [-0.25, -0.2) is 0 Å². The van der Waals surface area contributed by atoms with E-state index in [1.165, 1.54) is 0 Å². The lowest BCUT2D eigenvalue weighted by Crippen LogP contribution is -2.11. The number of phenols is 1. The first-order valence-corrected chi connectivity index (χ1v) is 4.58. The van der Waals surface area contributed by atoms with Crippen molar-refractivity contribution in [1.29, 1.82) is 0 Å². The Labute approximate surface area is 81.9 Å². The van der Waals surface area contributed by atoms with Crippen molar-refractivity contribution in [1.82, 2.24) is 9.78 Å². The number of phenolic OH excluding ortho intramolecular Hbond substituents is 1. The van der Waals surface area contributed by atoms with Crippen LogP contribution in [-0.4, -0.2) is 21.4 Å². The molecule has 0 fully saturated rings. The predicted octanol–water partition coefficient (Wildman–Crippen LogP) is 1.01. The van der Waals surface area contributed by atoms with Crippen LogP contribution < -0.4 is 5.73 Å². The smallest absolute Gasteiger partial charge is 0.117 e. The highest BCUT2D eigenvalue weighted by Gasteiger charge is 2.06. The predicted molar refractivity (Wildman–Crippen MR) is 55.2 cm³/mol. The van der Waals surface area contributed by atoms with Gasteiger partial charge < -0.3 is 10.8 Å². The summed E-state index contributed by atoms with van der Waals surface area (Å²) in [5.74, 6) is 0.245. The van der Waals surface area contributed by atoms with Crippen molar-refractivity contribution >= 4 is 10.9 Å². The summed E-state index contributed by atoms with van der Waals surface area (Å²) >= 11 is 0. The monoisotopic (exact) mass is 191 g/mol. The third kappa shape index (κ3) is 1.33. The van der Waals surface area contributed by atoms with Crippen LogP contribution in [0.1, 0.15) is 5.69 Å². The fraction of sp³-hybridized carbons (Fsp3) is 0.300. The molecule has 3 N–H and O–H groups in total. The minimum absolute atomic E-state index is 0.245. The molecule has 2 aromatic rings. The number of aryl methyl sites for hydroxylation is 1. The second-order valence-electron chi connectivity index (χ2n) is 3.30. The maximum Gasteiger partial charge on any atom is 0.117 e. The Bertz CT molecular complexity index is 462. The Balaban J connectivity index is 2.61.